The molecule has 0 aromatic heterocycles. The number of nitrogens with one attached hydrogen (secondary N) is 1. The van der Waals surface area contributed by atoms with Gasteiger partial charge in [-0.15, -0.1) is 0 Å². The van der Waals surface area contributed by atoms with Gasteiger partial charge in [0.25, 0.3) is 11.8 Å². The zero-order valence-electron chi connectivity index (χ0n) is 21.3. The Kier molecular flexibility index (Phi) is 8.58. The minimum absolute atomic E-state index is 0.0598. The second-order valence-corrected chi connectivity index (χ2v) is 10.1. The van der Waals surface area contributed by atoms with Crippen molar-refractivity contribution < 1.29 is 24.3 Å². The maximum Gasteiger partial charge on any atom is 0.305 e. The Labute approximate surface area is 217 Å². The highest BCUT2D eigenvalue weighted by Crippen LogP contribution is 2.29. The Balaban J connectivity index is 1.60. The first-order valence-electron chi connectivity index (χ1n) is 13.1. The summed E-state index contributed by atoms with van der Waals surface area (Å²) in [7, 11) is 0. The maximum atomic E-state index is 13.8. The van der Waals surface area contributed by atoms with Crippen LogP contribution in [0.25, 0.3) is 0 Å². The summed E-state index contributed by atoms with van der Waals surface area (Å²) in [6.45, 7) is 2.34. The summed E-state index contributed by atoms with van der Waals surface area (Å²) >= 11 is 0. The summed E-state index contributed by atoms with van der Waals surface area (Å²) in [5, 5.41) is 12.5. The molecule has 1 aliphatic heterocycles. The third-order valence-electron chi connectivity index (χ3n) is 7.39. The van der Waals surface area contributed by atoms with E-state index in [0.717, 1.165) is 43.2 Å². The number of nitrogens with zero attached hydrogens (tertiary/aromatic N) is 2. The second-order valence-electron chi connectivity index (χ2n) is 10.1. The van der Waals surface area contributed by atoms with Crippen molar-refractivity contribution in [3.05, 3.63) is 71.3 Å². The van der Waals surface area contributed by atoms with Gasteiger partial charge in [-0.2, -0.15) is 0 Å². The molecule has 1 saturated carbocycles. The van der Waals surface area contributed by atoms with Gasteiger partial charge >= 0.3 is 5.97 Å². The molecular weight excluding hydrogens is 470 g/mol. The number of aliphatic carboxylic acids is 1. The lowest BCUT2D eigenvalue weighted by atomic mass is 9.82. The van der Waals surface area contributed by atoms with Gasteiger partial charge in [0.15, 0.2) is 6.17 Å². The highest BCUT2D eigenvalue weighted by Gasteiger charge is 2.44. The van der Waals surface area contributed by atoms with E-state index in [4.69, 9.17) is 0 Å². The molecule has 196 valence electrons. The molecule has 1 heterocycles. The summed E-state index contributed by atoms with van der Waals surface area (Å²) in [4.78, 5) is 55.2. The van der Waals surface area contributed by atoms with Crippen LogP contribution in [-0.2, 0) is 20.8 Å². The average molecular weight is 506 g/mol. The molecule has 2 N–H and O–H groups in total. The van der Waals surface area contributed by atoms with Crippen molar-refractivity contribution in [2.24, 2.45) is 5.92 Å². The van der Waals surface area contributed by atoms with E-state index in [2.05, 4.69) is 5.32 Å². The molecule has 2 aliphatic rings. The number of hydrogen-bond acceptors (Lipinski definition) is 4. The minimum Gasteiger partial charge on any atom is -0.481 e. The zero-order valence-corrected chi connectivity index (χ0v) is 21.3. The first-order valence-corrected chi connectivity index (χ1v) is 13.1. The molecule has 2 aromatic rings. The third kappa shape index (κ3) is 6.56. The van der Waals surface area contributed by atoms with Gasteiger partial charge in [-0.05, 0) is 43.4 Å². The van der Waals surface area contributed by atoms with E-state index in [1.165, 1.54) is 9.80 Å². The van der Waals surface area contributed by atoms with E-state index in [-0.39, 0.29) is 43.7 Å². The van der Waals surface area contributed by atoms with Crippen LogP contribution in [0.5, 0.6) is 0 Å². The fraction of sp³-hybridized carbons (Fsp3) is 0.448. The van der Waals surface area contributed by atoms with Crippen molar-refractivity contribution >= 4 is 23.7 Å². The van der Waals surface area contributed by atoms with Gasteiger partial charge in [0.05, 0.1) is 12.8 Å². The van der Waals surface area contributed by atoms with Crippen molar-refractivity contribution in [3.63, 3.8) is 0 Å². The summed E-state index contributed by atoms with van der Waals surface area (Å²) in [6, 6.07) is 15.9. The summed E-state index contributed by atoms with van der Waals surface area (Å²) < 4.78 is 0. The standard InChI is InChI=1S/C29H35N3O5/c1-20-9-8-14-23(17-20)29(37)32-16-15-31(25(33)18-21-10-4-2-5-11-21)28(32)27(36)30-24(19-26(34)35)22-12-6-3-7-13-22/h2,4-5,8-11,14,17,22,24,28H,3,6-7,12-13,15-16,18-19H2,1H3,(H,30,36)(H,34,35). The van der Waals surface area contributed by atoms with Crippen molar-refractivity contribution in [2.45, 2.75) is 64.1 Å². The number of carbonyl (C=O) groups excluding carboxylic acids is 3. The smallest absolute Gasteiger partial charge is 0.305 e. The maximum absolute atomic E-state index is 13.8. The molecule has 2 unspecified atom stereocenters. The lowest BCUT2D eigenvalue weighted by Crippen LogP contribution is -2.57. The van der Waals surface area contributed by atoms with Gasteiger partial charge in [-0.1, -0.05) is 67.3 Å². The number of aryl methyl sites for hydroxylation is 1. The van der Waals surface area contributed by atoms with Crippen LogP contribution < -0.4 is 5.32 Å². The van der Waals surface area contributed by atoms with Gasteiger partial charge in [-0.3, -0.25) is 19.2 Å². The molecule has 0 spiro atoms. The van der Waals surface area contributed by atoms with E-state index >= 15 is 0 Å². The largest absolute Gasteiger partial charge is 0.481 e. The van der Waals surface area contributed by atoms with Crippen LogP contribution in [0.15, 0.2) is 54.6 Å². The van der Waals surface area contributed by atoms with Gasteiger partial charge in [-0.25, -0.2) is 0 Å². The molecule has 8 nitrogen and oxygen atoms in total. The molecule has 4 rings (SSSR count). The predicted octanol–water partition coefficient (Wildman–Crippen LogP) is 3.39. The third-order valence-corrected chi connectivity index (χ3v) is 7.39. The number of carboxylic acids is 1. The molecule has 0 radical (unpaired) electrons. The van der Waals surface area contributed by atoms with Crippen molar-refractivity contribution in [3.8, 4) is 0 Å². The Morgan fingerprint density at radius 2 is 1.65 bits per heavy atom. The Morgan fingerprint density at radius 1 is 0.946 bits per heavy atom. The second kappa shape index (κ2) is 12.0. The van der Waals surface area contributed by atoms with Crippen LogP contribution in [0.1, 0.15) is 60.0 Å². The fourth-order valence-corrected chi connectivity index (χ4v) is 5.52. The molecule has 2 fully saturated rings. The van der Waals surface area contributed by atoms with Gasteiger partial charge < -0.3 is 20.2 Å². The first-order chi connectivity index (χ1) is 17.8. The zero-order chi connectivity index (χ0) is 26.4. The quantitative estimate of drug-likeness (QED) is 0.572. The van der Waals surface area contributed by atoms with Crippen LogP contribution in [0.3, 0.4) is 0 Å². The first kappa shape index (κ1) is 26.4. The number of benzene rings is 2. The highest BCUT2D eigenvalue weighted by atomic mass is 16.4. The number of rotatable bonds is 8. The molecule has 2 aromatic carbocycles. The van der Waals surface area contributed by atoms with Crippen LogP contribution in [0, 0.1) is 12.8 Å². The van der Waals surface area contributed by atoms with Crippen molar-refractivity contribution in [1.82, 2.24) is 15.1 Å². The Morgan fingerprint density at radius 3 is 2.32 bits per heavy atom. The molecule has 3 amide bonds. The van der Waals surface area contributed by atoms with Crippen LogP contribution in [0.2, 0.25) is 0 Å². The summed E-state index contributed by atoms with van der Waals surface area (Å²) in [5.41, 5.74) is 2.19. The van der Waals surface area contributed by atoms with Gasteiger partial charge in [0, 0.05) is 24.7 Å². The van der Waals surface area contributed by atoms with E-state index in [0.29, 0.717) is 5.56 Å². The van der Waals surface area contributed by atoms with Gasteiger partial charge in [0.2, 0.25) is 5.91 Å². The van der Waals surface area contributed by atoms with Crippen LogP contribution in [-0.4, -0.2) is 63.9 Å². The minimum atomic E-state index is -1.14. The number of carbonyl (C=O) groups is 4. The van der Waals surface area contributed by atoms with Crippen LogP contribution in [0.4, 0.5) is 0 Å². The average Bonchev–Trinajstić information content (AvgIpc) is 3.34. The van der Waals surface area contributed by atoms with Crippen LogP contribution >= 0.6 is 0 Å². The van der Waals surface area contributed by atoms with E-state index in [1.807, 2.05) is 43.3 Å². The number of carboxylic acid groups (broad SMARTS) is 1. The Bertz CT molecular complexity index is 1130. The molecular formula is C29H35N3O5. The number of amides is 3. The molecule has 37 heavy (non-hydrogen) atoms. The molecule has 2 atom stereocenters. The lowest BCUT2D eigenvalue weighted by Gasteiger charge is -2.34. The molecule has 1 aliphatic carbocycles. The van der Waals surface area contributed by atoms with E-state index in [1.54, 1.807) is 18.2 Å². The lowest BCUT2D eigenvalue weighted by molar-refractivity contribution is -0.143. The Hall–Kier alpha value is -3.68. The van der Waals surface area contributed by atoms with Crippen molar-refractivity contribution in [2.75, 3.05) is 13.1 Å². The molecule has 0 bridgehead atoms. The van der Waals surface area contributed by atoms with E-state index < -0.39 is 24.1 Å². The van der Waals surface area contributed by atoms with Gasteiger partial charge in [0.1, 0.15) is 0 Å². The van der Waals surface area contributed by atoms with Crippen molar-refractivity contribution in [1.29, 1.82) is 0 Å². The predicted molar refractivity (Wildman–Crippen MR) is 139 cm³/mol. The molecule has 1 saturated heterocycles. The number of hydrogen-bond donors (Lipinski definition) is 2. The summed E-state index contributed by atoms with van der Waals surface area (Å²) in [6.07, 6.45) is 3.60. The summed E-state index contributed by atoms with van der Waals surface area (Å²) in [5.74, 6) is -2.00. The topological polar surface area (TPSA) is 107 Å². The SMILES string of the molecule is Cc1cccc(C(=O)N2CCN(C(=O)Cc3ccccc3)C2C(=O)NC(CC(=O)O)C2CCCCC2)c1. The monoisotopic (exact) mass is 505 g/mol. The highest BCUT2D eigenvalue weighted by molar-refractivity contribution is 5.99. The normalized spacial score (nSPS) is 18.9. The fourth-order valence-electron chi connectivity index (χ4n) is 5.52. The molecule has 8 heteroatoms. The van der Waals surface area contributed by atoms with E-state index in [9.17, 15) is 24.3 Å².